The molecule has 3 N–H and O–H groups in total. The van der Waals surface area contributed by atoms with E-state index in [0.29, 0.717) is 30.1 Å². The number of rotatable bonds is 8. The fourth-order valence-corrected chi connectivity index (χ4v) is 3.88. The Balaban J connectivity index is 1.49. The molecular weight excluding hydrogens is 400 g/mol. The molecule has 1 fully saturated rings. The Morgan fingerprint density at radius 2 is 1.83 bits per heavy atom. The van der Waals surface area contributed by atoms with Crippen LogP contribution in [0.15, 0.2) is 48.5 Å². The molecule has 2 atom stereocenters. The van der Waals surface area contributed by atoms with E-state index in [4.69, 9.17) is 11.6 Å². The summed E-state index contributed by atoms with van der Waals surface area (Å²) in [5, 5.41) is 25.3. The van der Waals surface area contributed by atoms with Gasteiger partial charge in [-0.3, -0.25) is 4.79 Å². The average molecular weight is 431 g/mol. The van der Waals surface area contributed by atoms with Crippen molar-refractivity contribution in [2.45, 2.75) is 50.9 Å². The van der Waals surface area contributed by atoms with Crippen LogP contribution in [0.1, 0.15) is 47.7 Å². The summed E-state index contributed by atoms with van der Waals surface area (Å²) < 4.78 is 0. The van der Waals surface area contributed by atoms with Crippen molar-refractivity contribution in [1.29, 1.82) is 0 Å². The van der Waals surface area contributed by atoms with Crippen molar-refractivity contribution in [3.63, 3.8) is 0 Å². The maximum absolute atomic E-state index is 12.6. The van der Waals surface area contributed by atoms with Gasteiger partial charge in [0.1, 0.15) is 11.7 Å². The van der Waals surface area contributed by atoms with E-state index in [1.54, 1.807) is 29.2 Å². The first-order chi connectivity index (χ1) is 14.4. The van der Waals surface area contributed by atoms with Gasteiger partial charge in [0.05, 0.1) is 0 Å². The second kappa shape index (κ2) is 10.4. The van der Waals surface area contributed by atoms with Crippen molar-refractivity contribution in [3.8, 4) is 0 Å². The number of unbranched alkanes of at least 4 members (excludes halogenated alkanes) is 1. The Labute approximate surface area is 183 Å². The minimum absolute atomic E-state index is 0.103. The van der Waals surface area contributed by atoms with Crippen LogP contribution in [-0.4, -0.2) is 52.4 Å². The summed E-state index contributed by atoms with van der Waals surface area (Å²) in [6.07, 6.45) is 2.79. The Bertz CT molecular complexity index is 825. The van der Waals surface area contributed by atoms with Crippen LogP contribution in [0.2, 0.25) is 5.02 Å². The highest BCUT2D eigenvalue weighted by Gasteiger charge is 2.41. The number of hydrogen-bond donors (Lipinski definition) is 3. The zero-order valence-corrected chi connectivity index (χ0v) is 18.2. The third kappa shape index (κ3) is 5.82. The smallest absolute Gasteiger partial charge is 0.253 e. The van der Waals surface area contributed by atoms with Crippen molar-refractivity contribution >= 4 is 17.5 Å². The van der Waals surface area contributed by atoms with Crippen LogP contribution in [-0.2, 0) is 13.0 Å². The second-order valence-corrected chi connectivity index (χ2v) is 8.59. The lowest BCUT2D eigenvalue weighted by molar-refractivity contribution is -0.110. The first-order valence-electron chi connectivity index (χ1n) is 10.6. The Morgan fingerprint density at radius 1 is 1.17 bits per heavy atom. The normalized spacial score (nSPS) is 21.6. The van der Waals surface area contributed by atoms with Gasteiger partial charge in [-0.05, 0) is 54.7 Å². The summed E-state index contributed by atoms with van der Waals surface area (Å²) in [6, 6.07) is 15.2. The molecule has 0 aliphatic carbocycles. The van der Waals surface area contributed by atoms with Gasteiger partial charge < -0.3 is 20.4 Å². The highest BCUT2D eigenvalue weighted by Crippen LogP contribution is 2.24. The van der Waals surface area contributed by atoms with E-state index in [9.17, 15) is 15.0 Å². The lowest BCUT2D eigenvalue weighted by atomic mass is 9.88. The van der Waals surface area contributed by atoms with E-state index in [1.807, 2.05) is 0 Å². The Hall–Kier alpha value is -1.92. The summed E-state index contributed by atoms with van der Waals surface area (Å²) in [5.74, 6) is -0.163. The number of hydrogen-bond acceptors (Lipinski definition) is 4. The van der Waals surface area contributed by atoms with Crippen molar-refractivity contribution < 1.29 is 15.0 Å². The molecule has 0 aromatic heterocycles. The van der Waals surface area contributed by atoms with Crippen LogP contribution in [0.5, 0.6) is 0 Å². The predicted octanol–water partition coefficient (Wildman–Crippen LogP) is 3.41. The molecule has 0 bridgehead atoms. The number of nitrogens with zero attached hydrogens (tertiary/aromatic N) is 1. The maximum Gasteiger partial charge on any atom is 0.253 e. The average Bonchev–Trinajstić information content (AvgIpc) is 2.75. The molecule has 3 rings (SSSR count). The zero-order valence-electron chi connectivity index (χ0n) is 17.5. The summed E-state index contributed by atoms with van der Waals surface area (Å²) in [6.45, 7) is 3.58. The number of aliphatic hydroxyl groups excluding tert-OH is 1. The third-order valence-electron chi connectivity index (χ3n) is 5.81. The molecule has 0 spiro atoms. The number of carbonyl (C=O) groups excluding carboxylic acids is 1. The molecule has 0 saturated carbocycles. The number of aryl methyl sites for hydroxylation is 1. The number of carbonyl (C=O) groups is 1. The Morgan fingerprint density at radius 3 is 2.47 bits per heavy atom. The summed E-state index contributed by atoms with van der Waals surface area (Å²) in [4.78, 5) is 14.2. The van der Waals surface area contributed by atoms with Gasteiger partial charge in [0.25, 0.3) is 5.91 Å². The van der Waals surface area contributed by atoms with Gasteiger partial charge in [0.15, 0.2) is 0 Å². The third-order valence-corrected chi connectivity index (χ3v) is 6.06. The van der Waals surface area contributed by atoms with Crippen LogP contribution >= 0.6 is 11.6 Å². The molecule has 6 heteroatoms. The highest BCUT2D eigenvalue weighted by atomic mass is 35.5. The van der Waals surface area contributed by atoms with E-state index in [-0.39, 0.29) is 19.0 Å². The van der Waals surface area contributed by atoms with Gasteiger partial charge in [-0.2, -0.15) is 0 Å². The van der Waals surface area contributed by atoms with E-state index in [0.717, 1.165) is 12.0 Å². The molecule has 1 heterocycles. The standard InChI is InChI=1S/C24H31ClN2O3/c1-2-3-4-18-5-7-19(8-6-18)15-26-17-24(30)13-14-27(16-22(24)28)23(29)20-9-11-21(25)12-10-20/h5-12,22,26,28,30H,2-4,13-17H2,1H3/t22-,24-/m0/s1. The predicted molar refractivity (Wildman–Crippen MR) is 120 cm³/mol. The summed E-state index contributed by atoms with van der Waals surface area (Å²) in [5.41, 5.74) is 1.76. The van der Waals surface area contributed by atoms with Gasteiger partial charge in [0.2, 0.25) is 0 Å². The van der Waals surface area contributed by atoms with Gasteiger partial charge in [-0.1, -0.05) is 49.2 Å². The molecule has 1 aliphatic heterocycles. The molecule has 2 aromatic carbocycles. The molecule has 0 radical (unpaired) electrons. The summed E-state index contributed by atoms with van der Waals surface area (Å²) >= 11 is 5.88. The topological polar surface area (TPSA) is 72.8 Å². The molecule has 2 aromatic rings. The first kappa shape index (κ1) is 22.8. The van der Waals surface area contributed by atoms with Crippen LogP contribution in [0.3, 0.4) is 0 Å². The molecule has 1 amide bonds. The molecular formula is C24H31ClN2O3. The van der Waals surface area contributed by atoms with E-state index in [1.165, 1.54) is 18.4 Å². The van der Waals surface area contributed by atoms with Gasteiger partial charge in [-0.25, -0.2) is 0 Å². The SMILES string of the molecule is CCCCc1ccc(CNC[C@@]2(O)CCN(C(=O)c3ccc(Cl)cc3)C[C@@H]2O)cc1. The number of halogens is 1. The van der Waals surface area contributed by atoms with Crippen molar-refractivity contribution in [2.75, 3.05) is 19.6 Å². The van der Waals surface area contributed by atoms with E-state index < -0.39 is 11.7 Å². The minimum atomic E-state index is -1.25. The molecule has 30 heavy (non-hydrogen) atoms. The monoisotopic (exact) mass is 430 g/mol. The number of amides is 1. The minimum Gasteiger partial charge on any atom is -0.388 e. The van der Waals surface area contributed by atoms with Gasteiger partial charge in [0, 0.05) is 36.8 Å². The molecule has 1 aliphatic rings. The fourth-order valence-electron chi connectivity index (χ4n) is 3.76. The fraction of sp³-hybridized carbons (Fsp3) is 0.458. The van der Waals surface area contributed by atoms with Crippen molar-refractivity contribution in [2.24, 2.45) is 0 Å². The van der Waals surface area contributed by atoms with Crippen LogP contribution in [0, 0.1) is 0 Å². The second-order valence-electron chi connectivity index (χ2n) is 8.15. The maximum atomic E-state index is 12.6. The molecule has 162 valence electrons. The highest BCUT2D eigenvalue weighted by molar-refractivity contribution is 6.30. The van der Waals surface area contributed by atoms with Gasteiger partial charge >= 0.3 is 0 Å². The number of β-amino-alcohol motifs (C(OH)–C–C–N with tert-alkyl or cyclic N) is 1. The van der Waals surface area contributed by atoms with E-state index >= 15 is 0 Å². The Kier molecular flexibility index (Phi) is 7.89. The molecule has 1 saturated heterocycles. The first-order valence-corrected chi connectivity index (χ1v) is 11.0. The van der Waals surface area contributed by atoms with Crippen LogP contribution in [0.25, 0.3) is 0 Å². The number of piperidine rings is 1. The zero-order chi connectivity index (χ0) is 21.6. The van der Waals surface area contributed by atoms with Crippen LogP contribution in [0.4, 0.5) is 0 Å². The summed E-state index contributed by atoms with van der Waals surface area (Å²) in [7, 11) is 0. The number of aliphatic hydroxyl groups is 2. The van der Waals surface area contributed by atoms with Crippen molar-refractivity contribution in [1.82, 2.24) is 10.2 Å². The molecule has 5 nitrogen and oxygen atoms in total. The number of nitrogens with one attached hydrogen (secondary N) is 1. The largest absolute Gasteiger partial charge is 0.388 e. The van der Waals surface area contributed by atoms with Crippen molar-refractivity contribution in [3.05, 3.63) is 70.2 Å². The number of likely N-dealkylation sites (tertiary alicyclic amines) is 1. The quantitative estimate of drug-likeness (QED) is 0.600. The lowest BCUT2D eigenvalue weighted by Gasteiger charge is -2.42. The molecule has 0 unspecified atom stereocenters. The number of benzene rings is 2. The van der Waals surface area contributed by atoms with E-state index in [2.05, 4.69) is 36.5 Å². The lowest BCUT2D eigenvalue weighted by Crippen LogP contribution is -2.60. The van der Waals surface area contributed by atoms with Crippen LogP contribution < -0.4 is 5.32 Å². The van der Waals surface area contributed by atoms with Gasteiger partial charge in [-0.15, -0.1) is 0 Å².